The van der Waals surface area contributed by atoms with E-state index in [1.807, 2.05) is 24.8 Å². The molecule has 3 nitrogen and oxygen atoms in total. The second kappa shape index (κ2) is 6.01. The Balaban J connectivity index is 5.41. The monoisotopic (exact) mass is 240 g/mol. The lowest BCUT2D eigenvalue weighted by Crippen LogP contribution is -2.52. The van der Waals surface area contributed by atoms with E-state index in [0.29, 0.717) is 6.61 Å². The molecule has 0 amide bonds. The maximum atomic E-state index is 9.97. The van der Waals surface area contributed by atoms with Gasteiger partial charge in [-0.25, -0.2) is 4.58 Å². The van der Waals surface area contributed by atoms with E-state index in [1.54, 1.807) is 13.2 Å². The van der Waals surface area contributed by atoms with Gasteiger partial charge >= 0.3 is 0 Å². The number of hydrogen-bond acceptors (Lipinski definition) is 2. The van der Waals surface area contributed by atoms with Gasteiger partial charge in [0.2, 0.25) is 5.54 Å². The number of aliphatic hydroxyl groups excluding tert-OH is 1. The summed E-state index contributed by atoms with van der Waals surface area (Å²) in [6, 6.07) is 0. The van der Waals surface area contributed by atoms with Gasteiger partial charge in [0.15, 0.2) is 12.0 Å². The summed E-state index contributed by atoms with van der Waals surface area (Å²) in [5.74, 6) is 0.152. The lowest BCUT2D eigenvalue weighted by Gasteiger charge is -2.39. The number of rotatable bonds is 7. The fourth-order valence-electron chi connectivity index (χ4n) is 1.98. The molecule has 0 rings (SSSR count). The van der Waals surface area contributed by atoms with Crippen molar-refractivity contribution in [2.75, 3.05) is 20.8 Å². The Hall–Kier alpha value is -1.09. The molecular formula is C14H26NO2+. The van der Waals surface area contributed by atoms with Gasteiger partial charge in [0.1, 0.15) is 7.05 Å². The van der Waals surface area contributed by atoms with Crippen LogP contribution in [0.5, 0.6) is 0 Å². The summed E-state index contributed by atoms with van der Waals surface area (Å²) in [5.41, 5.74) is -0.733. The molecule has 0 saturated heterocycles. The SMILES string of the molecule is C=C/C=[N+](\C)C(C)(C(=C)O)C(C)(C)CCOC. The minimum atomic E-state index is -0.556. The van der Waals surface area contributed by atoms with Crippen LogP contribution in [0, 0.1) is 5.41 Å². The third kappa shape index (κ3) is 3.19. The van der Waals surface area contributed by atoms with Crippen LogP contribution < -0.4 is 0 Å². The quantitative estimate of drug-likeness (QED) is 0.421. The van der Waals surface area contributed by atoms with E-state index in [4.69, 9.17) is 4.74 Å². The van der Waals surface area contributed by atoms with Gasteiger partial charge in [-0.15, -0.1) is 0 Å². The number of likely N-dealkylation sites (N-methyl/N-ethyl adjacent to an activating group) is 1. The minimum absolute atomic E-state index is 0.152. The Morgan fingerprint density at radius 2 is 1.94 bits per heavy atom. The first kappa shape index (κ1) is 15.9. The van der Waals surface area contributed by atoms with Gasteiger partial charge in [0, 0.05) is 26.1 Å². The lowest BCUT2D eigenvalue weighted by molar-refractivity contribution is -0.588. The van der Waals surface area contributed by atoms with Gasteiger partial charge < -0.3 is 9.84 Å². The highest BCUT2D eigenvalue weighted by atomic mass is 16.5. The molecule has 0 aliphatic rings. The first-order chi connectivity index (χ1) is 7.74. The van der Waals surface area contributed by atoms with Crippen molar-refractivity contribution in [1.82, 2.24) is 0 Å². The van der Waals surface area contributed by atoms with E-state index in [1.165, 1.54) is 0 Å². The van der Waals surface area contributed by atoms with Crippen LogP contribution >= 0.6 is 0 Å². The highest BCUT2D eigenvalue weighted by molar-refractivity contribution is 5.65. The van der Waals surface area contributed by atoms with Crippen molar-refractivity contribution in [2.24, 2.45) is 5.41 Å². The lowest BCUT2D eigenvalue weighted by atomic mass is 9.70. The number of aliphatic hydroxyl groups is 1. The highest BCUT2D eigenvalue weighted by Crippen LogP contribution is 2.40. The maximum Gasteiger partial charge on any atom is 0.220 e. The molecule has 0 fully saturated rings. The zero-order chi connectivity index (χ0) is 13.7. The molecule has 1 atom stereocenters. The summed E-state index contributed by atoms with van der Waals surface area (Å²) in [6.45, 7) is 14.2. The molecule has 0 radical (unpaired) electrons. The Bertz CT molecular complexity index is 318. The number of methoxy groups -OCH3 is 1. The molecule has 0 saturated carbocycles. The smallest absolute Gasteiger partial charge is 0.220 e. The first-order valence-corrected chi connectivity index (χ1v) is 5.80. The van der Waals surface area contributed by atoms with Crippen LogP contribution in [-0.2, 0) is 4.74 Å². The molecular weight excluding hydrogens is 214 g/mol. The van der Waals surface area contributed by atoms with Gasteiger partial charge in [-0.3, -0.25) is 0 Å². The van der Waals surface area contributed by atoms with Gasteiger partial charge in [0.25, 0.3) is 0 Å². The van der Waals surface area contributed by atoms with Gasteiger partial charge in [-0.2, -0.15) is 0 Å². The van der Waals surface area contributed by atoms with Crippen LogP contribution in [0.3, 0.4) is 0 Å². The Morgan fingerprint density at radius 3 is 2.29 bits per heavy atom. The molecule has 98 valence electrons. The molecule has 0 aromatic heterocycles. The molecule has 17 heavy (non-hydrogen) atoms. The standard InChI is InChI=1S/C14H25NO2/c1-8-10-15(6)14(5,12(2)16)13(3,4)9-11-17-7/h8,10H,1-2,9,11H2,3-7H3/p+1/b15-10+. The van der Waals surface area contributed by atoms with Crippen molar-refractivity contribution in [3.05, 3.63) is 25.0 Å². The second-order valence-corrected chi connectivity index (χ2v) is 5.14. The fraction of sp³-hybridized carbons (Fsp3) is 0.643. The van der Waals surface area contributed by atoms with Crippen LogP contribution in [0.15, 0.2) is 25.0 Å². The number of nitrogens with zero attached hydrogens (tertiary/aromatic N) is 1. The van der Waals surface area contributed by atoms with Gasteiger partial charge in [-0.05, 0) is 12.5 Å². The second-order valence-electron chi connectivity index (χ2n) is 5.14. The van der Waals surface area contributed by atoms with Gasteiger partial charge in [-0.1, -0.05) is 27.0 Å². The third-order valence-corrected chi connectivity index (χ3v) is 3.85. The largest absolute Gasteiger partial charge is 0.506 e. The van der Waals surface area contributed by atoms with Crippen LogP contribution in [-0.4, -0.2) is 42.2 Å². The summed E-state index contributed by atoms with van der Waals surface area (Å²) in [4.78, 5) is 0. The predicted octanol–water partition coefficient (Wildman–Crippen LogP) is 2.78. The molecule has 0 aliphatic heterocycles. The normalized spacial score (nSPS) is 16.4. The van der Waals surface area contributed by atoms with Crippen LogP contribution in [0.1, 0.15) is 27.2 Å². The van der Waals surface area contributed by atoms with Crippen molar-refractivity contribution in [2.45, 2.75) is 32.7 Å². The number of allylic oxidation sites excluding steroid dienone is 1. The summed E-state index contributed by atoms with van der Waals surface area (Å²) >= 11 is 0. The van der Waals surface area contributed by atoms with Crippen LogP contribution in [0.25, 0.3) is 0 Å². The molecule has 0 heterocycles. The van der Waals surface area contributed by atoms with Crippen LogP contribution in [0.2, 0.25) is 0 Å². The van der Waals surface area contributed by atoms with Crippen molar-refractivity contribution in [1.29, 1.82) is 0 Å². The zero-order valence-corrected chi connectivity index (χ0v) is 11.8. The Kier molecular flexibility index (Phi) is 5.62. The van der Waals surface area contributed by atoms with Crippen molar-refractivity contribution in [3.8, 4) is 0 Å². The topological polar surface area (TPSA) is 32.5 Å². The van der Waals surface area contributed by atoms with Crippen molar-refractivity contribution >= 4 is 6.21 Å². The van der Waals surface area contributed by atoms with E-state index >= 15 is 0 Å². The Labute approximate surface area is 105 Å². The first-order valence-electron chi connectivity index (χ1n) is 5.80. The van der Waals surface area contributed by atoms with E-state index in [-0.39, 0.29) is 11.2 Å². The zero-order valence-electron chi connectivity index (χ0n) is 11.8. The number of hydrogen-bond donors (Lipinski definition) is 1. The fourth-order valence-corrected chi connectivity index (χ4v) is 1.98. The van der Waals surface area contributed by atoms with E-state index in [0.717, 1.165) is 6.42 Å². The van der Waals surface area contributed by atoms with Crippen LogP contribution in [0.4, 0.5) is 0 Å². The molecule has 3 heteroatoms. The average molecular weight is 240 g/mol. The predicted molar refractivity (Wildman–Crippen MR) is 72.9 cm³/mol. The van der Waals surface area contributed by atoms with E-state index in [9.17, 15) is 5.11 Å². The molecule has 0 aromatic rings. The minimum Gasteiger partial charge on any atom is -0.506 e. The van der Waals surface area contributed by atoms with E-state index in [2.05, 4.69) is 27.0 Å². The number of ether oxygens (including phenoxy) is 1. The average Bonchev–Trinajstić information content (AvgIpc) is 2.24. The highest BCUT2D eigenvalue weighted by Gasteiger charge is 2.51. The molecule has 0 bridgehead atoms. The summed E-state index contributed by atoms with van der Waals surface area (Å²) in [6.07, 6.45) is 4.37. The van der Waals surface area contributed by atoms with Crippen molar-refractivity contribution in [3.63, 3.8) is 0 Å². The molecule has 0 aliphatic carbocycles. The summed E-state index contributed by atoms with van der Waals surface area (Å²) in [5, 5.41) is 9.97. The maximum absolute atomic E-state index is 9.97. The van der Waals surface area contributed by atoms with E-state index < -0.39 is 5.54 Å². The third-order valence-electron chi connectivity index (χ3n) is 3.85. The van der Waals surface area contributed by atoms with Crippen molar-refractivity contribution < 1.29 is 14.4 Å². The van der Waals surface area contributed by atoms with Gasteiger partial charge in [0.05, 0.1) is 0 Å². The Morgan fingerprint density at radius 1 is 1.41 bits per heavy atom. The molecule has 1 unspecified atom stereocenters. The summed E-state index contributed by atoms with van der Waals surface area (Å²) < 4.78 is 7.07. The molecule has 0 aromatic carbocycles. The summed E-state index contributed by atoms with van der Waals surface area (Å²) in [7, 11) is 3.60. The molecule has 0 spiro atoms. The molecule has 1 N–H and O–H groups in total.